The largest absolute Gasteiger partial charge is 0.248 e. The summed E-state index contributed by atoms with van der Waals surface area (Å²) in [5.41, 5.74) is 6.52. The Bertz CT molecular complexity index is 585. The molecule has 1 aromatic carbocycles. The number of nitrogens with zero attached hydrogens (tertiary/aromatic N) is 3. The topological polar surface area (TPSA) is 30.7 Å². The van der Waals surface area contributed by atoms with Crippen LogP contribution in [-0.4, -0.2) is 15.0 Å². The Morgan fingerprint density at radius 2 is 1.75 bits per heavy atom. The molecule has 0 saturated heterocycles. The van der Waals surface area contributed by atoms with Crippen LogP contribution in [0.25, 0.3) is 0 Å². The van der Waals surface area contributed by atoms with E-state index >= 15 is 0 Å². The van der Waals surface area contributed by atoms with Crippen molar-refractivity contribution in [2.75, 3.05) is 0 Å². The van der Waals surface area contributed by atoms with Crippen molar-refractivity contribution in [2.45, 2.75) is 51.9 Å². The Labute approximate surface area is 129 Å². The van der Waals surface area contributed by atoms with Crippen LogP contribution in [-0.2, 0) is 17.3 Å². The molecular weight excluding hydrogens is 314 g/mol. The van der Waals surface area contributed by atoms with Crippen LogP contribution in [0.4, 0.5) is 0 Å². The van der Waals surface area contributed by atoms with Gasteiger partial charge in [-0.15, -0.1) is 5.10 Å². The lowest BCUT2D eigenvalue weighted by Gasteiger charge is -2.22. The number of halogens is 1. The smallest absolute Gasteiger partial charge is 0.0932 e. The van der Waals surface area contributed by atoms with Crippen molar-refractivity contribution in [2.24, 2.45) is 0 Å². The molecule has 0 unspecified atom stereocenters. The van der Waals surface area contributed by atoms with E-state index in [2.05, 4.69) is 73.0 Å². The predicted molar refractivity (Wildman–Crippen MR) is 86.4 cm³/mol. The van der Waals surface area contributed by atoms with E-state index < -0.39 is 0 Å². The summed E-state index contributed by atoms with van der Waals surface area (Å²) in [4.78, 5) is 0. The lowest BCUT2D eigenvalue weighted by atomic mass is 9.84. The third kappa shape index (κ3) is 3.29. The number of aryl methyl sites for hydroxylation is 2. The summed E-state index contributed by atoms with van der Waals surface area (Å²) < 4.78 is 1.91. The minimum absolute atomic E-state index is 0.185. The van der Waals surface area contributed by atoms with Crippen LogP contribution in [0.15, 0.2) is 18.3 Å². The highest BCUT2D eigenvalue weighted by Crippen LogP contribution is 2.27. The summed E-state index contributed by atoms with van der Waals surface area (Å²) >= 11 is 3.40. The predicted octanol–water partition coefficient (Wildman–Crippen LogP) is 4.14. The molecule has 0 radical (unpaired) electrons. The molecular formula is C16H22BrN3. The van der Waals surface area contributed by atoms with Crippen LogP contribution in [0.5, 0.6) is 0 Å². The zero-order valence-electron chi connectivity index (χ0n) is 12.9. The molecule has 0 atom stereocenters. The first kappa shape index (κ1) is 15.2. The average Bonchev–Trinajstić information content (AvgIpc) is 2.80. The SMILES string of the molecule is Cc1cc(C(C)(C)C)cc(C)c1Cn1cc(CBr)nn1. The third-order valence-electron chi connectivity index (χ3n) is 3.61. The average molecular weight is 336 g/mol. The fourth-order valence-corrected chi connectivity index (χ4v) is 2.57. The fourth-order valence-electron chi connectivity index (χ4n) is 2.31. The van der Waals surface area contributed by atoms with Crippen LogP contribution in [0.2, 0.25) is 0 Å². The summed E-state index contributed by atoms with van der Waals surface area (Å²) in [5, 5.41) is 9.03. The minimum Gasteiger partial charge on any atom is -0.248 e. The normalized spacial score (nSPS) is 11.9. The van der Waals surface area contributed by atoms with Crippen molar-refractivity contribution in [3.8, 4) is 0 Å². The van der Waals surface area contributed by atoms with Gasteiger partial charge in [0.15, 0.2) is 0 Å². The van der Waals surface area contributed by atoms with E-state index in [0.29, 0.717) is 0 Å². The highest BCUT2D eigenvalue weighted by molar-refractivity contribution is 9.08. The van der Waals surface area contributed by atoms with E-state index in [-0.39, 0.29) is 5.41 Å². The third-order valence-corrected chi connectivity index (χ3v) is 4.18. The van der Waals surface area contributed by atoms with Crippen molar-refractivity contribution in [1.82, 2.24) is 15.0 Å². The number of aromatic nitrogens is 3. The van der Waals surface area contributed by atoms with Gasteiger partial charge in [-0.3, -0.25) is 0 Å². The first-order chi connectivity index (χ1) is 9.31. The highest BCUT2D eigenvalue weighted by atomic mass is 79.9. The summed E-state index contributed by atoms with van der Waals surface area (Å²) in [7, 11) is 0. The van der Waals surface area contributed by atoms with E-state index in [1.165, 1.54) is 22.3 Å². The maximum absolute atomic E-state index is 4.17. The molecule has 0 amide bonds. The summed E-state index contributed by atoms with van der Waals surface area (Å²) in [5.74, 6) is 0. The number of rotatable bonds is 3. The van der Waals surface area contributed by atoms with Crippen molar-refractivity contribution >= 4 is 15.9 Å². The second kappa shape index (κ2) is 5.68. The lowest BCUT2D eigenvalue weighted by molar-refractivity contribution is 0.587. The van der Waals surface area contributed by atoms with Gasteiger partial charge in [0.25, 0.3) is 0 Å². The van der Waals surface area contributed by atoms with Crippen LogP contribution in [0.3, 0.4) is 0 Å². The minimum atomic E-state index is 0.185. The van der Waals surface area contributed by atoms with E-state index in [1.807, 2.05) is 10.9 Å². The van der Waals surface area contributed by atoms with E-state index in [1.54, 1.807) is 0 Å². The van der Waals surface area contributed by atoms with E-state index in [4.69, 9.17) is 0 Å². The molecule has 20 heavy (non-hydrogen) atoms. The van der Waals surface area contributed by atoms with E-state index in [9.17, 15) is 0 Å². The summed E-state index contributed by atoms with van der Waals surface area (Å²) in [6.45, 7) is 11.9. The van der Waals surface area contributed by atoms with Crippen LogP contribution in [0, 0.1) is 13.8 Å². The monoisotopic (exact) mass is 335 g/mol. The molecule has 1 heterocycles. The molecule has 0 spiro atoms. The Hall–Kier alpha value is -1.16. The Kier molecular flexibility index (Phi) is 4.33. The number of hydrogen-bond donors (Lipinski definition) is 0. The number of hydrogen-bond acceptors (Lipinski definition) is 2. The number of benzene rings is 1. The van der Waals surface area contributed by atoms with Gasteiger partial charge in [-0.1, -0.05) is 54.0 Å². The molecule has 0 bridgehead atoms. The molecule has 0 saturated carbocycles. The molecule has 0 aliphatic heterocycles. The molecule has 4 heteroatoms. The van der Waals surface area contributed by atoms with Crippen molar-refractivity contribution < 1.29 is 0 Å². The standard InChI is InChI=1S/C16H22BrN3/c1-11-6-13(16(3,4)5)7-12(2)15(11)10-20-9-14(8-17)18-19-20/h6-7,9H,8,10H2,1-5H3. The maximum Gasteiger partial charge on any atom is 0.0932 e. The summed E-state index contributed by atoms with van der Waals surface area (Å²) in [6, 6.07) is 4.59. The maximum atomic E-state index is 4.17. The first-order valence-corrected chi connectivity index (χ1v) is 7.99. The van der Waals surface area contributed by atoms with Gasteiger partial charge in [0.2, 0.25) is 0 Å². The second-order valence-corrected chi connectivity index (χ2v) is 6.94. The second-order valence-electron chi connectivity index (χ2n) is 6.38. The van der Waals surface area contributed by atoms with Crippen LogP contribution in [0.1, 0.15) is 48.7 Å². The molecule has 2 aromatic rings. The lowest BCUT2D eigenvalue weighted by Crippen LogP contribution is -2.13. The van der Waals surface area contributed by atoms with Crippen molar-refractivity contribution in [3.63, 3.8) is 0 Å². The molecule has 0 fully saturated rings. The zero-order valence-corrected chi connectivity index (χ0v) is 14.5. The quantitative estimate of drug-likeness (QED) is 0.789. The van der Waals surface area contributed by atoms with Gasteiger partial charge in [-0.05, 0) is 41.5 Å². The molecule has 108 valence electrons. The van der Waals surface area contributed by atoms with E-state index in [0.717, 1.165) is 17.6 Å². The van der Waals surface area contributed by atoms with Gasteiger partial charge >= 0.3 is 0 Å². The van der Waals surface area contributed by atoms with Crippen molar-refractivity contribution in [3.05, 3.63) is 46.3 Å². The molecule has 0 aliphatic rings. The van der Waals surface area contributed by atoms with Crippen LogP contribution < -0.4 is 0 Å². The van der Waals surface area contributed by atoms with Gasteiger partial charge in [-0.2, -0.15) is 0 Å². The fraction of sp³-hybridized carbons (Fsp3) is 0.500. The highest BCUT2D eigenvalue weighted by Gasteiger charge is 2.16. The molecule has 3 nitrogen and oxygen atoms in total. The molecule has 0 N–H and O–H groups in total. The first-order valence-electron chi connectivity index (χ1n) is 6.87. The van der Waals surface area contributed by atoms with Gasteiger partial charge in [0.05, 0.1) is 12.2 Å². The van der Waals surface area contributed by atoms with Gasteiger partial charge in [0, 0.05) is 11.5 Å². The Balaban J connectivity index is 2.33. The van der Waals surface area contributed by atoms with Crippen LogP contribution >= 0.6 is 15.9 Å². The van der Waals surface area contributed by atoms with Gasteiger partial charge < -0.3 is 0 Å². The van der Waals surface area contributed by atoms with Crippen molar-refractivity contribution in [1.29, 1.82) is 0 Å². The zero-order chi connectivity index (χ0) is 14.9. The Morgan fingerprint density at radius 1 is 1.15 bits per heavy atom. The van der Waals surface area contributed by atoms with Gasteiger partial charge in [0.1, 0.15) is 0 Å². The molecule has 2 rings (SSSR count). The molecule has 1 aromatic heterocycles. The van der Waals surface area contributed by atoms with Gasteiger partial charge in [-0.25, -0.2) is 4.68 Å². The number of alkyl halides is 1. The Morgan fingerprint density at radius 3 is 2.20 bits per heavy atom. The summed E-state index contributed by atoms with van der Waals surface area (Å²) in [6.07, 6.45) is 1.99. The molecule has 0 aliphatic carbocycles.